The molecule has 1 nitrogen and oxygen atoms in total. The van der Waals surface area contributed by atoms with Gasteiger partial charge in [-0.05, 0) is 35.5 Å². The van der Waals surface area contributed by atoms with Crippen LogP contribution in [0, 0.1) is 16.2 Å². The van der Waals surface area contributed by atoms with E-state index in [2.05, 4.69) is 25.7 Å². The van der Waals surface area contributed by atoms with Crippen LogP contribution in [0.5, 0.6) is 0 Å². The molecule has 0 radical (unpaired) electrons. The molecule has 0 atom stereocenters. The maximum absolute atomic E-state index is 2.72. The Hall–Kier alpha value is -0.0400. The lowest BCUT2D eigenvalue weighted by atomic mass is 9.49. The van der Waals surface area contributed by atoms with Gasteiger partial charge in [0.15, 0.2) is 0 Å². The van der Waals surface area contributed by atoms with Gasteiger partial charge in [-0.3, -0.25) is 0 Å². The number of hydrogen-bond donors (Lipinski definition) is 0. The molecule has 1 aliphatic carbocycles. The normalized spacial score (nSPS) is 64.4. The summed E-state index contributed by atoms with van der Waals surface area (Å²) in [6.07, 6.45) is 4.43. The van der Waals surface area contributed by atoms with Gasteiger partial charge >= 0.3 is 0 Å². The molecule has 0 aromatic carbocycles. The summed E-state index contributed by atoms with van der Waals surface area (Å²) in [5.41, 5.74) is 1.95. The summed E-state index contributed by atoms with van der Waals surface area (Å²) in [6.45, 7) is 11.6. The monoisotopic (exact) mass is 179 g/mol. The van der Waals surface area contributed by atoms with Gasteiger partial charge in [-0.2, -0.15) is 0 Å². The van der Waals surface area contributed by atoms with Crippen LogP contribution >= 0.6 is 0 Å². The number of rotatable bonds is 0. The first-order chi connectivity index (χ1) is 5.91. The summed E-state index contributed by atoms with van der Waals surface area (Å²) in [6, 6.07) is 0. The molecule has 1 heteroatoms. The molecular formula is C12H21N. The molecule has 0 amide bonds. The van der Waals surface area contributed by atoms with Crippen LogP contribution in [0.4, 0.5) is 0 Å². The molecule has 0 N–H and O–H groups in total. The SMILES string of the molecule is CC12CN3CC(C)(C1)CC(C)(C3)C2. The second kappa shape index (κ2) is 1.98. The Balaban J connectivity index is 2.03. The molecule has 0 unspecified atom stereocenters. The average molecular weight is 179 g/mol. The summed E-state index contributed by atoms with van der Waals surface area (Å²) in [4.78, 5) is 2.72. The number of hydrogen-bond acceptors (Lipinski definition) is 1. The smallest absolute Gasteiger partial charge is 0.00362 e. The Bertz CT molecular complexity index is 207. The van der Waals surface area contributed by atoms with Gasteiger partial charge < -0.3 is 4.90 Å². The van der Waals surface area contributed by atoms with Crippen LogP contribution in [0.1, 0.15) is 40.0 Å². The Morgan fingerprint density at radius 2 is 1.00 bits per heavy atom. The van der Waals surface area contributed by atoms with Crippen LogP contribution in [0.3, 0.4) is 0 Å². The molecule has 4 aliphatic rings. The van der Waals surface area contributed by atoms with E-state index in [1.54, 1.807) is 0 Å². The highest BCUT2D eigenvalue weighted by molar-refractivity contribution is 5.09. The maximum atomic E-state index is 2.72. The van der Waals surface area contributed by atoms with Gasteiger partial charge in [-0.15, -0.1) is 0 Å². The van der Waals surface area contributed by atoms with E-state index in [0.29, 0.717) is 16.2 Å². The van der Waals surface area contributed by atoms with Crippen molar-refractivity contribution in [2.75, 3.05) is 19.6 Å². The molecule has 4 rings (SSSR count). The van der Waals surface area contributed by atoms with Crippen LogP contribution in [0.2, 0.25) is 0 Å². The third-order valence-electron chi connectivity index (χ3n) is 4.38. The molecule has 1 saturated carbocycles. The maximum Gasteiger partial charge on any atom is 0.00362 e. The van der Waals surface area contributed by atoms with Crippen molar-refractivity contribution in [3.05, 3.63) is 0 Å². The Morgan fingerprint density at radius 3 is 1.23 bits per heavy atom. The van der Waals surface area contributed by atoms with Gasteiger partial charge in [-0.25, -0.2) is 0 Å². The predicted octanol–water partition coefficient (Wildman–Crippen LogP) is 2.52. The molecule has 3 aliphatic heterocycles. The number of piperidine rings is 3. The number of nitrogens with zero attached hydrogens (tertiary/aromatic N) is 1. The second-order valence-electron chi connectivity index (χ2n) is 7.11. The van der Waals surface area contributed by atoms with Crippen LogP contribution in [0.25, 0.3) is 0 Å². The van der Waals surface area contributed by atoms with E-state index >= 15 is 0 Å². The highest BCUT2D eigenvalue weighted by Gasteiger charge is 2.57. The zero-order valence-electron chi connectivity index (χ0n) is 9.19. The minimum atomic E-state index is 0.651. The predicted molar refractivity (Wildman–Crippen MR) is 54.6 cm³/mol. The van der Waals surface area contributed by atoms with Gasteiger partial charge in [-0.1, -0.05) is 20.8 Å². The Morgan fingerprint density at radius 1 is 0.692 bits per heavy atom. The fraction of sp³-hybridized carbons (Fsp3) is 1.00. The lowest BCUT2D eigenvalue weighted by molar-refractivity contribution is -0.155. The Kier molecular flexibility index (Phi) is 1.26. The average Bonchev–Trinajstić information content (AvgIpc) is 1.71. The molecule has 3 saturated heterocycles. The van der Waals surface area contributed by atoms with E-state index in [1.807, 2.05) is 0 Å². The third kappa shape index (κ3) is 1.09. The van der Waals surface area contributed by atoms with Gasteiger partial charge in [0.25, 0.3) is 0 Å². The summed E-state index contributed by atoms with van der Waals surface area (Å²) in [5, 5.41) is 0. The molecular weight excluding hydrogens is 158 g/mol. The lowest BCUT2D eigenvalue weighted by Crippen LogP contribution is -2.65. The summed E-state index contributed by atoms with van der Waals surface area (Å²) in [7, 11) is 0. The standard InChI is InChI=1S/C12H21N/c1-10-4-11(2)6-12(3,5-10)9-13(7-10)8-11/h4-9H2,1-3H3. The van der Waals surface area contributed by atoms with E-state index in [0.717, 1.165) is 0 Å². The van der Waals surface area contributed by atoms with Gasteiger partial charge in [0.1, 0.15) is 0 Å². The van der Waals surface area contributed by atoms with Crippen molar-refractivity contribution in [2.45, 2.75) is 40.0 Å². The summed E-state index contributed by atoms with van der Waals surface area (Å²) >= 11 is 0. The molecule has 0 aromatic rings. The van der Waals surface area contributed by atoms with Crippen molar-refractivity contribution in [1.82, 2.24) is 4.90 Å². The minimum absolute atomic E-state index is 0.651. The first-order valence-electron chi connectivity index (χ1n) is 5.63. The van der Waals surface area contributed by atoms with Gasteiger partial charge in [0.05, 0.1) is 0 Å². The second-order valence-corrected chi connectivity index (χ2v) is 7.11. The van der Waals surface area contributed by atoms with Gasteiger partial charge in [0.2, 0.25) is 0 Å². The Labute approximate surface area is 81.5 Å². The van der Waals surface area contributed by atoms with E-state index in [-0.39, 0.29) is 0 Å². The first-order valence-corrected chi connectivity index (χ1v) is 5.63. The van der Waals surface area contributed by atoms with E-state index < -0.39 is 0 Å². The summed E-state index contributed by atoms with van der Waals surface area (Å²) in [5.74, 6) is 0. The molecule has 0 aromatic heterocycles. The van der Waals surface area contributed by atoms with Crippen LogP contribution in [-0.2, 0) is 0 Å². The highest BCUT2D eigenvalue weighted by Crippen LogP contribution is 2.61. The van der Waals surface area contributed by atoms with Crippen LogP contribution in [0.15, 0.2) is 0 Å². The highest BCUT2D eigenvalue weighted by atomic mass is 15.2. The fourth-order valence-corrected chi connectivity index (χ4v) is 5.40. The molecule has 3 heterocycles. The van der Waals surface area contributed by atoms with Crippen molar-refractivity contribution in [2.24, 2.45) is 16.2 Å². The van der Waals surface area contributed by atoms with E-state index in [4.69, 9.17) is 0 Å². The zero-order valence-corrected chi connectivity index (χ0v) is 9.19. The lowest BCUT2D eigenvalue weighted by Gasteiger charge is -2.65. The molecule has 4 bridgehead atoms. The molecule has 13 heavy (non-hydrogen) atoms. The van der Waals surface area contributed by atoms with Crippen LogP contribution < -0.4 is 0 Å². The fourth-order valence-electron chi connectivity index (χ4n) is 5.40. The van der Waals surface area contributed by atoms with E-state index in [9.17, 15) is 0 Å². The first kappa shape index (κ1) is 8.28. The van der Waals surface area contributed by atoms with Crippen molar-refractivity contribution in [1.29, 1.82) is 0 Å². The van der Waals surface area contributed by atoms with Crippen molar-refractivity contribution in [3.8, 4) is 0 Å². The molecule has 0 spiro atoms. The van der Waals surface area contributed by atoms with E-state index in [1.165, 1.54) is 38.9 Å². The largest absolute Gasteiger partial charge is 0.302 e. The van der Waals surface area contributed by atoms with Crippen molar-refractivity contribution < 1.29 is 0 Å². The zero-order chi connectivity index (χ0) is 9.32. The van der Waals surface area contributed by atoms with Crippen LogP contribution in [-0.4, -0.2) is 24.5 Å². The molecule has 4 fully saturated rings. The van der Waals surface area contributed by atoms with Crippen molar-refractivity contribution in [3.63, 3.8) is 0 Å². The third-order valence-corrected chi connectivity index (χ3v) is 4.38. The van der Waals surface area contributed by atoms with Crippen molar-refractivity contribution >= 4 is 0 Å². The quantitative estimate of drug-likeness (QED) is 0.552. The topological polar surface area (TPSA) is 3.24 Å². The molecule has 74 valence electrons. The summed E-state index contributed by atoms with van der Waals surface area (Å²) < 4.78 is 0. The van der Waals surface area contributed by atoms with Gasteiger partial charge in [0, 0.05) is 19.6 Å². The minimum Gasteiger partial charge on any atom is -0.302 e.